The molecule has 2 aromatic carbocycles. The van der Waals surface area contributed by atoms with Crippen molar-refractivity contribution in [2.45, 2.75) is 6.54 Å². The van der Waals surface area contributed by atoms with Crippen LogP contribution in [0.25, 0.3) is 0 Å². The number of hydrogen-bond acceptors (Lipinski definition) is 3. The number of hydrogen-bond donors (Lipinski definition) is 2. The predicted molar refractivity (Wildman–Crippen MR) is 71.0 cm³/mol. The standard InChI is InChI=1S/C14H15FN2O/c1-17(12-4-6-13(18)7-5-12)9-10-2-3-11(16)8-14(10)15/h2-8,18H,9,16H2,1H3. The van der Waals surface area contributed by atoms with Gasteiger partial charge in [0, 0.05) is 30.5 Å². The smallest absolute Gasteiger partial charge is 0.130 e. The van der Waals surface area contributed by atoms with Gasteiger partial charge in [0.25, 0.3) is 0 Å². The number of anilines is 2. The second-order valence-corrected chi connectivity index (χ2v) is 4.22. The number of benzene rings is 2. The van der Waals surface area contributed by atoms with Gasteiger partial charge in [-0.3, -0.25) is 0 Å². The molecular weight excluding hydrogens is 231 g/mol. The zero-order valence-corrected chi connectivity index (χ0v) is 10.1. The first-order chi connectivity index (χ1) is 8.56. The summed E-state index contributed by atoms with van der Waals surface area (Å²) < 4.78 is 13.6. The van der Waals surface area contributed by atoms with Gasteiger partial charge in [0.15, 0.2) is 0 Å². The van der Waals surface area contributed by atoms with Gasteiger partial charge in [-0.2, -0.15) is 0 Å². The largest absolute Gasteiger partial charge is 0.508 e. The van der Waals surface area contributed by atoms with Crippen LogP contribution in [0.1, 0.15) is 5.56 Å². The van der Waals surface area contributed by atoms with E-state index < -0.39 is 0 Å². The zero-order chi connectivity index (χ0) is 13.1. The Morgan fingerprint density at radius 2 is 1.83 bits per heavy atom. The first kappa shape index (κ1) is 12.2. The summed E-state index contributed by atoms with van der Waals surface area (Å²) >= 11 is 0. The van der Waals surface area contributed by atoms with Crippen LogP contribution >= 0.6 is 0 Å². The minimum absolute atomic E-state index is 0.214. The summed E-state index contributed by atoms with van der Waals surface area (Å²) in [5, 5.41) is 9.21. The van der Waals surface area contributed by atoms with Gasteiger partial charge in [0.2, 0.25) is 0 Å². The van der Waals surface area contributed by atoms with Crippen LogP contribution in [-0.4, -0.2) is 12.2 Å². The fourth-order valence-electron chi connectivity index (χ4n) is 1.75. The lowest BCUT2D eigenvalue weighted by molar-refractivity contribution is 0.475. The maximum Gasteiger partial charge on any atom is 0.130 e. The van der Waals surface area contributed by atoms with Crippen LogP contribution in [0.2, 0.25) is 0 Å². The number of phenolic OH excluding ortho intramolecular Hbond substituents is 1. The van der Waals surface area contributed by atoms with Crippen LogP contribution in [0, 0.1) is 5.82 Å². The highest BCUT2D eigenvalue weighted by Crippen LogP contribution is 2.20. The van der Waals surface area contributed by atoms with Crippen LogP contribution in [0.3, 0.4) is 0 Å². The van der Waals surface area contributed by atoms with E-state index in [1.807, 2.05) is 11.9 Å². The summed E-state index contributed by atoms with van der Waals surface area (Å²) in [4.78, 5) is 1.90. The van der Waals surface area contributed by atoms with Crippen molar-refractivity contribution < 1.29 is 9.50 Å². The van der Waals surface area contributed by atoms with Crippen molar-refractivity contribution >= 4 is 11.4 Å². The van der Waals surface area contributed by atoms with E-state index in [0.717, 1.165) is 5.69 Å². The molecule has 0 bridgehead atoms. The molecule has 0 amide bonds. The topological polar surface area (TPSA) is 49.5 Å². The SMILES string of the molecule is CN(Cc1ccc(N)cc1F)c1ccc(O)cc1. The summed E-state index contributed by atoms with van der Waals surface area (Å²) in [5.74, 6) is -0.0913. The molecule has 4 heteroatoms. The van der Waals surface area contributed by atoms with Crippen LogP contribution < -0.4 is 10.6 Å². The number of nitrogens with two attached hydrogens (primary N) is 1. The summed E-state index contributed by atoms with van der Waals surface area (Å²) in [7, 11) is 1.86. The second-order valence-electron chi connectivity index (χ2n) is 4.22. The van der Waals surface area contributed by atoms with Gasteiger partial charge in [-0.1, -0.05) is 6.07 Å². The summed E-state index contributed by atoms with van der Waals surface area (Å²) in [6.45, 7) is 0.441. The van der Waals surface area contributed by atoms with E-state index in [2.05, 4.69) is 0 Å². The Balaban J connectivity index is 2.15. The lowest BCUT2D eigenvalue weighted by atomic mass is 10.1. The normalized spacial score (nSPS) is 10.3. The van der Waals surface area contributed by atoms with Gasteiger partial charge in [0.05, 0.1) is 0 Å². The minimum atomic E-state index is -0.305. The van der Waals surface area contributed by atoms with Crippen molar-refractivity contribution in [3.8, 4) is 5.75 Å². The number of rotatable bonds is 3. The second kappa shape index (κ2) is 4.96. The fourth-order valence-corrected chi connectivity index (χ4v) is 1.75. The van der Waals surface area contributed by atoms with E-state index in [0.29, 0.717) is 17.8 Å². The number of halogens is 1. The molecule has 0 fully saturated rings. The number of aromatic hydroxyl groups is 1. The molecule has 0 spiro atoms. The van der Waals surface area contributed by atoms with Crippen LogP contribution in [0.4, 0.5) is 15.8 Å². The molecule has 0 aliphatic rings. The molecule has 0 saturated carbocycles. The van der Waals surface area contributed by atoms with E-state index in [1.165, 1.54) is 6.07 Å². The molecule has 0 heterocycles. The molecule has 2 rings (SSSR count). The monoisotopic (exact) mass is 246 g/mol. The Morgan fingerprint density at radius 3 is 2.44 bits per heavy atom. The van der Waals surface area contributed by atoms with E-state index in [9.17, 15) is 9.50 Å². The summed E-state index contributed by atoms with van der Waals surface area (Å²) in [5.41, 5.74) is 7.41. The molecule has 0 unspecified atom stereocenters. The molecule has 0 saturated heterocycles. The highest BCUT2D eigenvalue weighted by atomic mass is 19.1. The van der Waals surface area contributed by atoms with E-state index >= 15 is 0 Å². The average molecular weight is 246 g/mol. The van der Waals surface area contributed by atoms with Crippen molar-refractivity contribution in [3.05, 3.63) is 53.8 Å². The molecule has 0 radical (unpaired) electrons. The number of nitrogens with zero attached hydrogens (tertiary/aromatic N) is 1. The van der Waals surface area contributed by atoms with Gasteiger partial charge in [-0.25, -0.2) is 4.39 Å². The third kappa shape index (κ3) is 2.71. The van der Waals surface area contributed by atoms with Gasteiger partial charge in [-0.05, 0) is 36.4 Å². The number of nitrogen functional groups attached to an aromatic ring is 1. The Hall–Kier alpha value is -2.23. The maximum absolute atomic E-state index is 13.6. The molecule has 0 aliphatic heterocycles. The maximum atomic E-state index is 13.6. The number of phenols is 1. The molecule has 2 aromatic rings. The van der Waals surface area contributed by atoms with Crippen molar-refractivity contribution in [3.63, 3.8) is 0 Å². The van der Waals surface area contributed by atoms with Crippen molar-refractivity contribution in [2.75, 3.05) is 17.7 Å². The molecule has 3 N–H and O–H groups in total. The Bertz CT molecular complexity index is 540. The van der Waals surface area contributed by atoms with E-state index in [4.69, 9.17) is 5.73 Å². The average Bonchev–Trinajstić information content (AvgIpc) is 2.33. The molecule has 3 nitrogen and oxygen atoms in total. The van der Waals surface area contributed by atoms with Crippen molar-refractivity contribution in [1.29, 1.82) is 0 Å². The molecule has 0 aliphatic carbocycles. The third-order valence-corrected chi connectivity index (χ3v) is 2.78. The Morgan fingerprint density at radius 1 is 1.17 bits per heavy atom. The highest BCUT2D eigenvalue weighted by Gasteiger charge is 2.07. The van der Waals surface area contributed by atoms with E-state index in [1.54, 1.807) is 36.4 Å². The van der Waals surface area contributed by atoms with Gasteiger partial charge in [0.1, 0.15) is 11.6 Å². The quantitative estimate of drug-likeness (QED) is 0.819. The summed E-state index contributed by atoms with van der Waals surface area (Å²) in [6.07, 6.45) is 0. The van der Waals surface area contributed by atoms with Crippen molar-refractivity contribution in [2.24, 2.45) is 0 Å². The van der Waals surface area contributed by atoms with Gasteiger partial charge in [-0.15, -0.1) is 0 Å². The lowest BCUT2D eigenvalue weighted by Gasteiger charge is -2.19. The molecule has 0 aromatic heterocycles. The van der Waals surface area contributed by atoms with Gasteiger partial charge < -0.3 is 15.7 Å². The lowest BCUT2D eigenvalue weighted by Crippen LogP contribution is -2.17. The van der Waals surface area contributed by atoms with Crippen LogP contribution in [-0.2, 0) is 6.54 Å². The third-order valence-electron chi connectivity index (χ3n) is 2.78. The van der Waals surface area contributed by atoms with Crippen LogP contribution in [0.5, 0.6) is 5.75 Å². The Labute approximate surface area is 105 Å². The molecular formula is C14H15FN2O. The first-order valence-corrected chi connectivity index (χ1v) is 5.60. The first-order valence-electron chi connectivity index (χ1n) is 5.60. The van der Waals surface area contributed by atoms with Gasteiger partial charge >= 0.3 is 0 Å². The minimum Gasteiger partial charge on any atom is -0.508 e. The summed E-state index contributed by atoms with van der Waals surface area (Å²) in [6, 6.07) is 11.5. The highest BCUT2D eigenvalue weighted by molar-refractivity contribution is 5.49. The van der Waals surface area contributed by atoms with E-state index in [-0.39, 0.29) is 11.6 Å². The molecule has 0 atom stereocenters. The predicted octanol–water partition coefficient (Wildman–Crippen LogP) is 2.75. The Kier molecular flexibility index (Phi) is 3.37. The molecule has 94 valence electrons. The fraction of sp³-hybridized carbons (Fsp3) is 0.143. The zero-order valence-electron chi connectivity index (χ0n) is 10.1. The molecule has 18 heavy (non-hydrogen) atoms. The van der Waals surface area contributed by atoms with Crippen molar-refractivity contribution in [1.82, 2.24) is 0 Å². The van der Waals surface area contributed by atoms with Crippen LogP contribution in [0.15, 0.2) is 42.5 Å².